The second-order valence-electron chi connectivity index (χ2n) is 6.20. The number of piperidine rings is 1. The standard InChI is InChI=1S/C15H24N4OS/c16-15-18-13(10-21-15)14(20)17-9-11-5-7-19(8-6-11)12-3-1-2-4-12/h10-12H,1-9H2,(H2,16,18)(H,17,20). The molecule has 1 aromatic rings. The summed E-state index contributed by atoms with van der Waals surface area (Å²) in [5, 5.41) is 5.16. The van der Waals surface area contributed by atoms with E-state index in [-0.39, 0.29) is 5.91 Å². The highest BCUT2D eigenvalue weighted by molar-refractivity contribution is 7.13. The molecule has 116 valence electrons. The van der Waals surface area contributed by atoms with Gasteiger partial charge in [0.1, 0.15) is 5.69 Å². The number of anilines is 1. The van der Waals surface area contributed by atoms with E-state index >= 15 is 0 Å². The molecular formula is C15H24N4OS. The molecule has 1 aromatic heterocycles. The summed E-state index contributed by atoms with van der Waals surface area (Å²) in [6, 6.07) is 0.832. The Bertz CT molecular complexity index is 476. The maximum Gasteiger partial charge on any atom is 0.270 e. The number of carbonyl (C=O) groups is 1. The SMILES string of the molecule is Nc1nc(C(=O)NCC2CCN(C3CCCC3)CC2)cs1. The van der Waals surface area contributed by atoms with Gasteiger partial charge in [0.05, 0.1) is 0 Å². The summed E-state index contributed by atoms with van der Waals surface area (Å²) in [5.41, 5.74) is 6.00. The largest absolute Gasteiger partial charge is 0.375 e. The van der Waals surface area contributed by atoms with Gasteiger partial charge in [0.15, 0.2) is 5.13 Å². The van der Waals surface area contributed by atoms with Crippen molar-refractivity contribution < 1.29 is 4.79 Å². The lowest BCUT2D eigenvalue weighted by Gasteiger charge is -2.36. The van der Waals surface area contributed by atoms with E-state index in [0.29, 0.717) is 16.7 Å². The van der Waals surface area contributed by atoms with Crippen LogP contribution in [0.25, 0.3) is 0 Å². The van der Waals surface area contributed by atoms with Crippen LogP contribution in [0.3, 0.4) is 0 Å². The first kappa shape index (κ1) is 14.8. The van der Waals surface area contributed by atoms with Crippen LogP contribution in [0, 0.1) is 5.92 Å². The molecule has 0 spiro atoms. The van der Waals surface area contributed by atoms with Crippen molar-refractivity contribution in [2.45, 2.75) is 44.6 Å². The summed E-state index contributed by atoms with van der Waals surface area (Å²) in [6.07, 6.45) is 7.94. The fourth-order valence-corrected chi connectivity index (χ4v) is 4.05. The number of hydrogen-bond acceptors (Lipinski definition) is 5. The Balaban J connectivity index is 1.40. The van der Waals surface area contributed by atoms with Gasteiger partial charge in [-0.2, -0.15) is 0 Å². The van der Waals surface area contributed by atoms with Crippen LogP contribution in [0.1, 0.15) is 49.0 Å². The Morgan fingerprint density at radius 2 is 2.05 bits per heavy atom. The molecule has 1 aliphatic carbocycles. The maximum atomic E-state index is 11.9. The summed E-state index contributed by atoms with van der Waals surface area (Å²) in [5.74, 6) is 0.503. The highest BCUT2D eigenvalue weighted by Crippen LogP contribution is 2.27. The maximum absolute atomic E-state index is 11.9. The van der Waals surface area contributed by atoms with Crippen LogP contribution in [-0.2, 0) is 0 Å². The van der Waals surface area contributed by atoms with E-state index in [2.05, 4.69) is 15.2 Å². The number of nitrogen functional groups attached to an aromatic ring is 1. The first-order valence-corrected chi connectivity index (χ1v) is 8.83. The van der Waals surface area contributed by atoms with Crippen molar-refractivity contribution in [3.8, 4) is 0 Å². The molecule has 1 saturated heterocycles. The van der Waals surface area contributed by atoms with Gasteiger partial charge in [-0.05, 0) is 44.7 Å². The topological polar surface area (TPSA) is 71.2 Å². The minimum Gasteiger partial charge on any atom is -0.375 e. The van der Waals surface area contributed by atoms with Crippen molar-refractivity contribution in [1.29, 1.82) is 0 Å². The minimum atomic E-state index is -0.0961. The third-order valence-corrected chi connectivity index (χ3v) is 5.47. The molecular weight excluding hydrogens is 284 g/mol. The van der Waals surface area contributed by atoms with Gasteiger partial charge in [-0.25, -0.2) is 4.98 Å². The van der Waals surface area contributed by atoms with Crippen LogP contribution in [0.5, 0.6) is 0 Å². The predicted molar refractivity (Wildman–Crippen MR) is 85.4 cm³/mol. The van der Waals surface area contributed by atoms with Crippen molar-refractivity contribution in [3.63, 3.8) is 0 Å². The molecule has 0 unspecified atom stereocenters. The summed E-state index contributed by atoms with van der Waals surface area (Å²) in [6.45, 7) is 3.14. The van der Waals surface area contributed by atoms with E-state index in [1.165, 1.54) is 63.0 Å². The van der Waals surface area contributed by atoms with Gasteiger partial charge >= 0.3 is 0 Å². The van der Waals surface area contributed by atoms with E-state index < -0.39 is 0 Å². The lowest BCUT2D eigenvalue weighted by Crippen LogP contribution is -2.42. The molecule has 0 bridgehead atoms. The number of amides is 1. The van der Waals surface area contributed by atoms with Crippen LogP contribution in [-0.4, -0.2) is 41.5 Å². The Labute approximate surface area is 129 Å². The fourth-order valence-electron chi connectivity index (χ4n) is 3.51. The molecule has 0 aromatic carbocycles. The van der Waals surface area contributed by atoms with Crippen LogP contribution in [0.4, 0.5) is 5.13 Å². The summed E-state index contributed by atoms with van der Waals surface area (Å²) < 4.78 is 0. The zero-order valence-corrected chi connectivity index (χ0v) is 13.2. The minimum absolute atomic E-state index is 0.0961. The molecule has 1 amide bonds. The Morgan fingerprint density at radius 3 is 2.67 bits per heavy atom. The normalized spacial score (nSPS) is 21.7. The highest BCUT2D eigenvalue weighted by Gasteiger charge is 2.27. The third kappa shape index (κ3) is 3.74. The van der Waals surface area contributed by atoms with Gasteiger partial charge in [0.25, 0.3) is 5.91 Å². The van der Waals surface area contributed by atoms with Crippen LogP contribution in [0.15, 0.2) is 5.38 Å². The molecule has 1 saturated carbocycles. The lowest BCUT2D eigenvalue weighted by molar-refractivity contribution is 0.0920. The Morgan fingerprint density at radius 1 is 1.33 bits per heavy atom. The van der Waals surface area contributed by atoms with Crippen LogP contribution >= 0.6 is 11.3 Å². The predicted octanol–water partition coefficient (Wildman–Crippen LogP) is 2.11. The second kappa shape index (κ2) is 6.75. The number of likely N-dealkylation sites (tertiary alicyclic amines) is 1. The van der Waals surface area contributed by atoms with Gasteiger partial charge in [0.2, 0.25) is 0 Å². The van der Waals surface area contributed by atoms with Crippen molar-refractivity contribution in [3.05, 3.63) is 11.1 Å². The first-order valence-electron chi connectivity index (χ1n) is 7.95. The summed E-state index contributed by atoms with van der Waals surface area (Å²) in [4.78, 5) is 18.6. The zero-order chi connectivity index (χ0) is 14.7. The number of nitrogens with zero attached hydrogens (tertiary/aromatic N) is 2. The van der Waals surface area contributed by atoms with E-state index in [0.717, 1.165) is 12.6 Å². The van der Waals surface area contributed by atoms with Crippen LogP contribution < -0.4 is 11.1 Å². The van der Waals surface area contributed by atoms with Gasteiger partial charge < -0.3 is 16.0 Å². The van der Waals surface area contributed by atoms with Gasteiger partial charge in [0, 0.05) is 18.0 Å². The monoisotopic (exact) mass is 308 g/mol. The lowest BCUT2D eigenvalue weighted by atomic mass is 9.95. The van der Waals surface area contributed by atoms with Crippen molar-refractivity contribution in [2.75, 3.05) is 25.4 Å². The molecule has 21 heavy (non-hydrogen) atoms. The molecule has 2 aliphatic rings. The van der Waals surface area contributed by atoms with Crippen molar-refractivity contribution in [2.24, 2.45) is 5.92 Å². The van der Waals surface area contributed by atoms with Crippen molar-refractivity contribution in [1.82, 2.24) is 15.2 Å². The Kier molecular flexibility index (Phi) is 4.75. The number of aromatic nitrogens is 1. The molecule has 1 aliphatic heterocycles. The molecule has 6 heteroatoms. The molecule has 2 heterocycles. The van der Waals surface area contributed by atoms with Gasteiger partial charge in [-0.15, -0.1) is 11.3 Å². The Hall–Kier alpha value is -1.14. The molecule has 3 N–H and O–H groups in total. The van der Waals surface area contributed by atoms with E-state index in [1.54, 1.807) is 5.38 Å². The number of nitrogens with one attached hydrogen (secondary N) is 1. The number of nitrogens with two attached hydrogens (primary N) is 1. The number of carbonyl (C=O) groups excluding carboxylic acids is 1. The quantitative estimate of drug-likeness (QED) is 0.893. The highest BCUT2D eigenvalue weighted by atomic mass is 32.1. The third-order valence-electron chi connectivity index (χ3n) is 4.80. The number of rotatable bonds is 4. The van der Waals surface area contributed by atoms with E-state index in [9.17, 15) is 4.79 Å². The average molecular weight is 308 g/mol. The van der Waals surface area contributed by atoms with E-state index in [4.69, 9.17) is 5.73 Å². The molecule has 0 atom stereocenters. The second-order valence-corrected chi connectivity index (χ2v) is 7.09. The molecule has 3 rings (SSSR count). The number of hydrogen-bond donors (Lipinski definition) is 2. The van der Waals surface area contributed by atoms with Crippen molar-refractivity contribution >= 4 is 22.4 Å². The molecule has 0 radical (unpaired) electrons. The van der Waals surface area contributed by atoms with Crippen LogP contribution in [0.2, 0.25) is 0 Å². The molecule has 5 nitrogen and oxygen atoms in total. The van der Waals surface area contributed by atoms with E-state index in [1.807, 2.05) is 0 Å². The summed E-state index contributed by atoms with van der Waals surface area (Å²) in [7, 11) is 0. The van der Waals surface area contributed by atoms with Gasteiger partial charge in [-0.3, -0.25) is 4.79 Å². The zero-order valence-electron chi connectivity index (χ0n) is 12.4. The van der Waals surface area contributed by atoms with Gasteiger partial charge in [-0.1, -0.05) is 12.8 Å². The average Bonchev–Trinajstić information content (AvgIpc) is 3.16. The summed E-state index contributed by atoms with van der Waals surface area (Å²) >= 11 is 1.31. The first-order chi connectivity index (χ1) is 10.2. The molecule has 2 fully saturated rings. The fraction of sp³-hybridized carbons (Fsp3) is 0.733. The smallest absolute Gasteiger partial charge is 0.270 e. The number of thiazole rings is 1.